The van der Waals surface area contributed by atoms with Crippen LogP contribution in [0, 0.1) is 0 Å². The maximum Gasteiger partial charge on any atom is 0.305 e. The van der Waals surface area contributed by atoms with Gasteiger partial charge in [-0.25, -0.2) is 0 Å². The van der Waals surface area contributed by atoms with E-state index >= 15 is 0 Å². The molecule has 0 aliphatic heterocycles. The normalized spacial score (nSPS) is 12.5. The summed E-state index contributed by atoms with van der Waals surface area (Å²) in [6.07, 6.45) is 95.9. The highest BCUT2D eigenvalue weighted by Crippen LogP contribution is 2.20. The number of esters is 1. The van der Waals surface area contributed by atoms with E-state index in [0.717, 1.165) is 44.9 Å². The molecule has 0 aliphatic rings. The van der Waals surface area contributed by atoms with Gasteiger partial charge < -0.3 is 20.3 Å². The largest absolute Gasteiger partial charge is 0.466 e. The smallest absolute Gasteiger partial charge is 0.305 e. The average Bonchev–Trinajstić information content (AvgIpc) is 3.53. The number of hydrogen-bond acceptors (Lipinski definition) is 5. The van der Waals surface area contributed by atoms with Crippen LogP contribution >= 0.6 is 0 Å². The Kier molecular flexibility index (Phi) is 74.8. The Labute approximate surface area is 539 Å². The lowest BCUT2D eigenvalue weighted by molar-refractivity contribution is -0.143. The van der Waals surface area contributed by atoms with E-state index in [-0.39, 0.29) is 18.5 Å². The van der Waals surface area contributed by atoms with Crippen molar-refractivity contribution in [2.24, 2.45) is 0 Å². The molecule has 0 aromatic rings. The Morgan fingerprint density at radius 2 is 0.547 bits per heavy atom. The predicted molar refractivity (Wildman–Crippen MR) is 380 cm³/mol. The summed E-state index contributed by atoms with van der Waals surface area (Å²) in [6.45, 7) is 5.01. The fourth-order valence-corrected chi connectivity index (χ4v) is 13.0. The summed E-state index contributed by atoms with van der Waals surface area (Å²) in [4.78, 5) is 24.7. The van der Waals surface area contributed by atoms with Crippen LogP contribution in [0.25, 0.3) is 0 Å². The van der Waals surface area contributed by atoms with Gasteiger partial charge in [-0.15, -0.1) is 0 Å². The minimum Gasteiger partial charge on any atom is -0.466 e. The van der Waals surface area contributed by atoms with Crippen LogP contribution in [-0.4, -0.2) is 47.4 Å². The number of allylic oxidation sites excluding steroid dienone is 2. The molecular weight excluding hydrogens is 1050 g/mol. The number of ether oxygens (including phenoxy) is 1. The van der Waals surface area contributed by atoms with Crippen LogP contribution in [0.5, 0.6) is 0 Å². The number of hydrogen-bond donors (Lipinski definition) is 3. The lowest BCUT2D eigenvalue weighted by Crippen LogP contribution is -2.45. The molecule has 6 nitrogen and oxygen atoms in total. The van der Waals surface area contributed by atoms with E-state index in [1.54, 1.807) is 0 Å². The molecule has 2 atom stereocenters. The van der Waals surface area contributed by atoms with Gasteiger partial charge >= 0.3 is 5.97 Å². The molecule has 6 heteroatoms. The third-order valence-electron chi connectivity index (χ3n) is 19.1. The van der Waals surface area contributed by atoms with Crippen molar-refractivity contribution in [3.8, 4) is 0 Å². The van der Waals surface area contributed by atoms with Gasteiger partial charge in [-0.2, -0.15) is 0 Å². The molecule has 0 saturated heterocycles. The monoisotopic (exact) mass is 1210 g/mol. The number of unbranched alkanes of at least 4 members (excludes halogenated alkanes) is 63. The zero-order chi connectivity index (χ0) is 62.0. The highest BCUT2D eigenvalue weighted by atomic mass is 16.5. The van der Waals surface area contributed by atoms with Gasteiger partial charge in [0.25, 0.3) is 0 Å². The Morgan fingerprint density at radius 3 is 0.826 bits per heavy atom. The van der Waals surface area contributed by atoms with Crippen LogP contribution in [0.2, 0.25) is 0 Å². The fraction of sp³-hybridized carbons (Fsp3) is 0.950. The Bertz CT molecular complexity index is 1300. The highest BCUT2D eigenvalue weighted by molar-refractivity contribution is 5.76. The maximum absolute atomic E-state index is 12.6. The second-order valence-corrected chi connectivity index (χ2v) is 27.8. The molecule has 0 saturated carbocycles. The standard InChI is InChI=1S/C80H157NO5/c1-3-5-7-9-11-13-15-17-19-21-23-24-34-37-40-44-48-52-56-60-64-68-72-78(83)77(76-82)81-79(84)73-69-65-61-57-53-49-45-41-38-35-32-30-28-26-25-27-29-31-33-36-39-43-47-51-55-59-63-67-71-75-86-80(85)74-70-66-62-58-54-50-46-42-22-20-18-16-14-12-10-8-6-4-2/h20,22,77-78,82-83H,3-19,21,23-76H2,1-2H3,(H,81,84)/b22-20-. The molecule has 512 valence electrons. The van der Waals surface area contributed by atoms with Gasteiger partial charge in [-0.3, -0.25) is 9.59 Å². The number of carbonyl (C=O) groups excluding carboxylic acids is 2. The molecule has 0 rings (SSSR count). The molecule has 0 aliphatic carbocycles. The summed E-state index contributed by atoms with van der Waals surface area (Å²) < 4.78 is 5.51. The summed E-state index contributed by atoms with van der Waals surface area (Å²) in [5.41, 5.74) is 0. The molecule has 0 aromatic carbocycles. The van der Waals surface area contributed by atoms with Gasteiger partial charge in [0.1, 0.15) is 0 Å². The van der Waals surface area contributed by atoms with E-state index in [1.807, 2.05) is 0 Å². The highest BCUT2D eigenvalue weighted by Gasteiger charge is 2.20. The minimum absolute atomic E-state index is 0.0180. The minimum atomic E-state index is -0.663. The second kappa shape index (κ2) is 76.1. The van der Waals surface area contributed by atoms with E-state index in [2.05, 4.69) is 31.3 Å². The van der Waals surface area contributed by atoms with Gasteiger partial charge in [0.15, 0.2) is 0 Å². The summed E-state index contributed by atoms with van der Waals surface area (Å²) in [5, 5.41) is 23.5. The number of aliphatic hydroxyl groups is 2. The van der Waals surface area contributed by atoms with Crippen LogP contribution in [0.3, 0.4) is 0 Å². The van der Waals surface area contributed by atoms with Crippen LogP contribution in [0.15, 0.2) is 12.2 Å². The predicted octanol–water partition coefficient (Wildman–Crippen LogP) is 26.3. The average molecular weight is 1210 g/mol. The van der Waals surface area contributed by atoms with Crippen molar-refractivity contribution in [2.75, 3.05) is 13.2 Å². The number of aliphatic hydroxyl groups excluding tert-OH is 2. The molecule has 86 heavy (non-hydrogen) atoms. The Hall–Kier alpha value is -1.40. The van der Waals surface area contributed by atoms with Crippen molar-refractivity contribution >= 4 is 11.9 Å². The molecule has 0 radical (unpaired) electrons. The summed E-state index contributed by atoms with van der Waals surface area (Å²) >= 11 is 0. The molecule has 0 fully saturated rings. The first-order chi connectivity index (χ1) is 42.5. The van der Waals surface area contributed by atoms with Crippen molar-refractivity contribution < 1.29 is 24.5 Å². The maximum atomic E-state index is 12.6. The van der Waals surface area contributed by atoms with Crippen molar-refractivity contribution in [3.05, 3.63) is 12.2 Å². The number of rotatable bonds is 76. The van der Waals surface area contributed by atoms with E-state index in [1.165, 1.54) is 385 Å². The molecule has 0 bridgehead atoms. The second-order valence-electron chi connectivity index (χ2n) is 27.8. The zero-order valence-corrected chi connectivity index (χ0v) is 58.8. The Balaban J connectivity index is 3.33. The zero-order valence-electron chi connectivity index (χ0n) is 58.8. The molecule has 0 spiro atoms. The van der Waals surface area contributed by atoms with Gasteiger partial charge in [0.2, 0.25) is 5.91 Å². The SMILES string of the molecule is CCCCCCCCC/C=C\CCCCCCCCCC(=O)OCCCCCCCCCCCCCCCCCCCCCCCCCCCCCCCC(=O)NC(CO)C(O)CCCCCCCCCCCCCCCCCCCCCCCC. The molecular formula is C80H157NO5. The number of carbonyl (C=O) groups is 2. The molecule has 2 unspecified atom stereocenters. The third kappa shape index (κ3) is 71.7. The lowest BCUT2D eigenvalue weighted by Gasteiger charge is -2.22. The van der Waals surface area contributed by atoms with E-state index < -0.39 is 12.1 Å². The van der Waals surface area contributed by atoms with Crippen LogP contribution in [-0.2, 0) is 14.3 Å². The topological polar surface area (TPSA) is 95.9 Å². The number of nitrogens with one attached hydrogen (secondary N) is 1. The van der Waals surface area contributed by atoms with Gasteiger partial charge in [-0.1, -0.05) is 411 Å². The quantitative estimate of drug-likeness (QED) is 0.0320. The van der Waals surface area contributed by atoms with Gasteiger partial charge in [-0.05, 0) is 51.4 Å². The summed E-state index contributed by atoms with van der Waals surface area (Å²) in [5.74, 6) is -0.00752. The van der Waals surface area contributed by atoms with Crippen LogP contribution in [0.4, 0.5) is 0 Å². The molecule has 3 N–H and O–H groups in total. The fourth-order valence-electron chi connectivity index (χ4n) is 13.0. The third-order valence-corrected chi connectivity index (χ3v) is 19.1. The number of amides is 1. The molecule has 0 aromatic heterocycles. The first kappa shape index (κ1) is 84.6. The van der Waals surface area contributed by atoms with Crippen LogP contribution < -0.4 is 5.32 Å². The van der Waals surface area contributed by atoms with E-state index in [0.29, 0.717) is 25.9 Å². The Morgan fingerprint density at radius 1 is 0.314 bits per heavy atom. The lowest BCUT2D eigenvalue weighted by atomic mass is 10.0. The van der Waals surface area contributed by atoms with E-state index in [4.69, 9.17) is 4.74 Å². The summed E-state index contributed by atoms with van der Waals surface area (Å²) in [7, 11) is 0. The van der Waals surface area contributed by atoms with Crippen molar-refractivity contribution in [1.29, 1.82) is 0 Å². The van der Waals surface area contributed by atoms with Crippen molar-refractivity contribution in [1.82, 2.24) is 5.32 Å². The molecule has 0 heterocycles. The van der Waals surface area contributed by atoms with Crippen molar-refractivity contribution in [3.63, 3.8) is 0 Å². The molecule has 1 amide bonds. The van der Waals surface area contributed by atoms with Gasteiger partial charge in [0.05, 0.1) is 25.4 Å². The first-order valence-corrected chi connectivity index (χ1v) is 39.9. The van der Waals surface area contributed by atoms with Crippen molar-refractivity contribution in [2.45, 2.75) is 475 Å². The summed E-state index contributed by atoms with van der Waals surface area (Å²) in [6, 6.07) is -0.539. The first-order valence-electron chi connectivity index (χ1n) is 39.9. The van der Waals surface area contributed by atoms with Crippen LogP contribution in [0.1, 0.15) is 463 Å². The van der Waals surface area contributed by atoms with Gasteiger partial charge in [0, 0.05) is 12.8 Å². The van der Waals surface area contributed by atoms with E-state index in [9.17, 15) is 19.8 Å².